The van der Waals surface area contributed by atoms with Gasteiger partial charge in [0.1, 0.15) is 6.54 Å². The molecule has 0 rings (SSSR count). The van der Waals surface area contributed by atoms with E-state index in [1.54, 1.807) is 0 Å². The van der Waals surface area contributed by atoms with E-state index in [1.165, 1.54) is 0 Å². The van der Waals surface area contributed by atoms with Crippen LogP contribution < -0.4 is 0 Å². The third kappa shape index (κ3) is 5.80. The Balaban J connectivity index is 4.59. The number of carbonyl (C=O) groups is 2. The minimum absolute atomic E-state index is 0.293. The zero-order valence-corrected chi connectivity index (χ0v) is 9.53. The maximum Gasteiger partial charge on any atom is 0.331 e. The number of hydrogen-bond acceptors (Lipinski definition) is 3. The van der Waals surface area contributed by atoms with E-state index in [0.717, 1.165) is 12.2 Å². The first-order valence-electron chi connectivity index (χ1n) is 4.60. The van der Waals surface area contributed by atoms with E-state index in [4.69, 9.17) is 4.74 Å². The first kappa shape index (κ1) is 13.6. The summed E-state index contributed by atoms with van der Waals surface area (Å²) >= 11 is 0. The fourth-order valence-corrected chi connectivity index (χ4v) is 1.00. The summed E-state index contributed by atoms with van der Waals surface area (Å²) < 4.78 is 5.46. The predicted octanol–water partition coefficient (Wildman–Crippen LogP) is 0.545. The van der Waals surface area contributed by atoms with Crippen molar-refractivity contribution in [2.75, 3.05) is 27.7 Å². The lowest BCUT2D eigenvalue weighted by molar-refractivity contribution is -0.872. The SMILES string of the molecule is C=CC(=O)OC(C[N+](C)(C)C)C(=O)C=C. The topological polar surface area (TPSA) is 43.4 Å². The molecular formula is C11H18NO3+. The molecule has 0 aliphatic carbocycles. The van der Waals surface area contributed by atoms with Crippen molar-refractivity contribution in [3.05, 3.63) is 25.3 Å². The Morgan fingerprint density at radius 2 is 1.80 bits per heavy atom. The van der Waals surface area contributed by atoms with Crippen molar-refractivity contribution in [1.82, 2.24) is 0 Å². The summed E-state index contributed by atoms with van der Waals surface area (Å²) in [7, 11) is 5.72. The Morgan fingerprint density at radius 1 is 1.27 bits per heavy atom. The highest BCUT2D eigenvalue weighted by Crippen LogP contribution is 2.03. The van der Waals surface area contributed by atoms with Gasteiger partial charge in [-0.15, -0.1) is 0 Å². The lowest BCUT2D eigenvalue weighted by Crippen LogP contribution is -2.45. The van der Waals surface area contributed by atoms with Crippen molar-refractivity contribution >= 4 is 11.8 Å². The quantitative estimate of drug-likeness (QED) is 0.367. The average Bonchev–Trinajstić information content (AvgIpc) is 2.13. The lowest BCUT2D eigenvalue weighted by Gasteiger charge is -2.27. The van der Waals surface area contributed by atoms with Crippen molar-refractivity contribution in [3.63, 3.8) is 0 Å². The normalized spacial score (nSPS) is 12.7. The van der Waals surface area contributed by atoms with Crippen LogP contribution in [0.2, 0.25) is 0 Å². The van der Waals surface area contributed by atoms with Crippen LogP contribution in [0, 0.1) is 0 Å². The van der Waals surface area contributed by atoms with Crippen LogP contribution >= 0.6 is 0 Å². The smallest absolute Gasteiger partial charge is 0.331 e. The Labute approximate surface area is 90.4 Å². The van der Waals surface area contributed by atoms with Crippen LogP contribution in [0.1, 0.15) is 0 Å². The van der Waals surface area contributed by atoms with Gasteiger partial charge in [0.25, 0.3) is 0 Å². The molecule has 0 heterocycles. The number of quaternary nitrogens is 1. The van der Waals surface area contributed by atoms with E-state index < -0.39 is 12.1 Å². The van der Waals surface area contributed by atoms with Crippen LogP contribution in [-0.4, -0.2) is 50.0 Å². The van der Waals surface area contributed by atoms with E-state index in [0.29, 0.717) is 11.0 Å². The second kappa shape index (κ2) is 5.46. The van der Waals surface area contributed by atoms with Gasteiger partial charge in [-0.2, -0.15) is 0 Å². The second-order valence-electron chi connectivity index (χ2n) is 4.21. The Kier molecular flexibility index (Phi) is 4.94. The first-order valence-corrected chi connectivity index (χ1v) is 4.60. The van der Waals surface area contributed by atoms with Gasteiger partial charge in [0, 0.05) is 6.08 Å². The predicted molar refractivity (Wildman–Crippen MR) is 58.2 cm³/mol. The van der Waals surface area contributed by atoms with Gasteiger partial charge in [-0.05, 0) is 6.08 Å². The molecule has 0 fully saturated rings. The molecule has 0 saturated carbocycles. The van der Waals surface area contributed by atoms with Gasteiger partial charge in [-0.3, -0.25) is 4.79 Å². The monoisotopic (exact) mass is 212 g/mol. The maximum atomic E-state index is 11.4. The van der Waals surface area contributed by atoms with E-state index in [9.17, 15) is 9.59 Å². The van der Waals surface area contributed by atoms with Gasteiger partial charge < -0.3 is 9.22 Å². The largest absolute Gasteiger partial charge is 0.445 e. The van der Waals surface area contributed by atoms with Crippen LogP contribution in [0.25, 0.3) is 0 Å². The molecule has 0 aromatic rings. The van der Waals surface area contributed by atoms with Crippen LogP contribution in [-0.2, 0) is 14.3 Å². The van der Waals surface area contributed by atoms with Crippen LogP contribution in [0.4, 0.5) is 0 Å². The summed E-state index contributed by atoms with van der Waals surface area (Å²) in [5, 5.41) is 0. The maximum absolute atomic E-state index is 11.4. The molecule has 1 unspecified atom stereocenters. The van der Waals surface area contributed by atoms with Crippen LogP contribution in [0.3, 0.4) is 0 Å². The molecular weight excluding hydrogens is 194 g/mol. The van der Waals surface area contributed by atoms with Gasteiger partial charge in [0.05, 0.1) is 21.1 Å². The number of carbonyl (C=O) groups excluding carboxylic acids is 2. The molecule has 4 nitrogen and oxygen atoms in total. The van der Waals surface area contributed by atoms with E-state index in [2.05, 4.69) is 13.2 Å². The summed E-state index contributed by atoms with van der Waals surface area (Å²) in [4.78, 5) is 22.4. The van der Waals surface area contributed by atoms with Crippen LogP contribution in [0.15, 0.2) is 25.3 Å². The average molecular weight is 212 g/mol. The standard InChI is InChI=1S/C11H18NO3/c1-6-9(13)10(8-12(3,4)5)15-11(14)7-2/h6-7,10H,1-2,8H2,3-5H3/q+1. The van der Waals surface area contributed by atoms with Gasteiger partial charge in [0.2, 0.25) is 11.9 Å². The Bertz CT molecular complexity index is 276. The summed E-state index contributed by atoms with van der Waals surface area (Å²) in [6.07, 6.45) is 1.42. The summed E-state index contributed by atoms with van der Waals surface area (Å²) in [6, 6.07) is 0. The molecule has 0 spiro atoms. The van der Waals surface area contributed by atoms with Crippen LogP contribution in [0.5, 0.6) is 0 Å². The van der Waals surface area contributed by atoms with Gasteiger partial charge in [-0.25, -0.2) is 4.79 Å². The number of esters is 1. The minimum atomic E-state index is -0.784. The highest BCUT2D eigenvalue weighted by Gasteiger charge is 2.26. The molecule has 0 aromatic heterocycles. The molecule has 15 heavy (non-hydrogen) atoms. The highest BCUT2D eigenvalue weighted by atomic mass is 16.5. The fourth-order valence-electron chi connectivity index (χ4n) is 1.00. The van der Waals surface area contributed by atoms with Gasteiger partial charge in [0.15, 0.2) is 0 Å². The molecule has 4 heteroatoms. The van der Waals surface area contributed by atoms with E-state index in [-0.39, 0.29) is 5.78 Å². The van der Waals surface area contributed by atoms with Gasteiger partial charge in [-0.1, -0.05) is 13.2 Å². The molecule has 0 aromatic carbocycles. The Hall–Kier alpha value is -1.42. The van der Waals surface area contributed by atoms with Crippen molar-refractivity contribution in [1.29, 1.82) is 0 Å². The third-order valence-electron chi connectivity index (χ3n) is 1.66. The van der Waals surface area contributed by atoms with E-state index >= 15 is 0 Å². The molecule has 0 amide bonds. The summed E-state index contributed by atoms with van der Waals surface area (Å²) in [5.74, 6) is -0.887. The number of nitrogens with zero attached hydrogens (tertiary/aromatic N) is 1. The zero-order chi connectivity index (χ0) is 12.1. The molecule has 0 saturated heterocycles. The first-order chi connectivity index (χ1) is 6.80. The molecule has 84 valence electrons. The van der Waals surface area contributed by atoms with E-state index in [1.807, 2.05) is 21.1 Å². The summed E-state index contributed by atoms with van der Waals surface area (Å²) in [6.45, 7) is 7.06. The third-order valence-corrected chi connectivity index (χ3v) is 1.66. The molecule has 0 aliphatic heterocycles. The number of ether oxygens (including phenoxy) is 1. The zero-order valence-electron chi connectivity index (χ0n) is 9.53. The number of hydrogen-bond donors (Lipinski definition) is 0. The molecule has 0 radical (unpaired) electrons. The lowest BCUT2D eigenvalue weighted by atomic mass is 10.2. The molecule has 0 bridgehead atoms. The summed E-state index contributed by atoms with van der Waals surface area (Å²) in [5.41, 5.74) is 0. The number of rotatable bonds is 6. The molecule has 0 N–H and O–H groups in total. The minimum Gasteiger partial charge on any atom is -0.445 e. The van der Waals surface area contributed by atoms with Gasteiger partial charge >= 0.3 is 5.97 Å². The fraction of sp³-hybridized carbons (Fsp3) is 0.455. The number of likely N-dealkylation sites (N-methyl/N-ethyl adjacent to an activating group) is 1. The molecule has 0 aliphatic rings. The number of ketones is 1. The van der Waals surface area contributed by atoms with Crippen molar-refractivity contribution in [3.8, 4) is 0 Å². The van der Waals surface area contributed by atoms with Crippen molar-refractivity contribution in [2.45, 2.75) is 6.10 Å². The highest BCUT2D eigenvalue weighted by molar-refractivity contribution is 5.95. The van der Waals surface area contributed by atoms with Crippen molar-refractivity contribution in [2.24, 2.45) is 0 Å². The van der Waals surface area contributed by atoms with Crippen molar-refractivity contribution < 1.29 is 18.8 Å². The second-order valence-corrected chi connectivity index (χ2v) is 4.21. The Morgan fingerprint density at radius 3 is 2.13 bits per heavy atom. The molecule has 1 atom stereocenters.